The maximum atomic E-state index is 3.71. The molecule has 0 nitrogen and oxygen atoms in total. The van der Waals surface area contributed by atoms with Gasteiger partial charge in [0, 0.05) is 0 Å². The van der Waals surface area contributed by atoms with Crippen LogP contribution in [0.3, 0.4) is 0 Å². The Labute approximate surface area is 64.6 Å². The number of allylic oxidation sites excluding steroid dienone is 3. The van der Waals surface area contributed by atoms with Gasteiger partial charge in [-0.2, -0.15) is 0 Å². The molecule has 1 unspecified atom stereocenters. The minimum Gasteiger partial charge on any atom is -0.102 e. The summed E-state index contributed by atoms with van der Waals surface area (Å²) in [5.74, 6) is 1.30. The van der Waals surface area contributed by atoms with Crippen molar-refractivity contribution < 1.29 is 0 Å². The first-order valence-corrected chi connectivity index (χ1v) is 3.96. The van der Waals surface area contributed by atoms with Crippen LogP contribution in [0.4, 0.5) is 0 Å². The normalized spacial score (nSPS) is 14.4. The third kappa shape index (κ3) is 5.61. The van der Waals surface area contributed by atoms with Gasteiger partial charge in [0.05, 0.1) is 0 Å². The molecule has 0 aromatic carbocycles. The van der Waals surface area contributed by atoms with Gasteiger partial charge in [0.1, 0.15) is 0 Å². The second-order valence-electron chi connectivity index (χ2n) is 3.15. The van der Waals surface area contributed by atoms with E-state index in [1.165, 1.54) is 6.42 Å². The number of hydrogen-bond donors (Lipinski definition) is 0. The van der Waals surface area contributed by atoms with Crippen LogP contribution in [-0.4, -0.2) is 0 Å². The van der Waals surface area contributed by atoms with Gasteiger partial charge in [0.25, 0.3) is 0 Å². The minimum absolute atomic E-state index is 0.527. The molecule has 0 spiro atoms. The predicted octanol–water partition coefficient (Wildman–Crippen LogP) is 3.41. The van der Waals surface area contributed by atoms with Crippen LogP contribution in [0.2, 0.25) is 0 Å². The topological polar surface area (TPSA) is 0 Å². The molecule has 0 heterocycles. The van der Waals surface area contributed by atoms with E-state index >= 15 is 0 Å². The fourth-order valence-corrected chi connectivity index (χ4v) is 0.644. The molecule has 0 aromatic heterocycles. The van der Waals surface area contributed by atoms with E-state index in [1.807, 2.05) is 6.08 Å². The van der Waals surface area contributed by atoms with Crippen molar-refractivity contribution in [3.8, 4) is 0 Å². The molecule has 0 N–H and O–H groups in total. The first-order chi connectivity index (χ1) is 4.66. The molecule has 0 aliphatic carbocycles. The quantitative estimate of drug-likeness (QED) is 0.522. The van der Waals surface area contributed by atoms with Crippen molar-refractivity contribution in [3.63, 3.8) is 0 Å². The average Bonchev–Trinajstić information content (AvgIpc) is 1.87. The Kier molecular flexibility index (Phi) is 5.00. The molecular formula is C10H18. The monoisotopic (exact) mass is 138 g/mol. The van der Waals surface area contributed by atoms with Crippen molar-refractivity contribution in [3.05, 3.63) is 24.8 Å². The minimum atomic E-state index is 0.527. The van der Waals surface area contributed by atoms with E-state index in [0.29, 0.717) is 5.92 Å². The molecule has 0 radical (unpaired) electrons. The van der Waals surface area contributed by atoms with Gasteiger partial charge in [-0.05, 0) is 18.3 Å². The highest BCUT2D eigenvalue weighted by atomic mass is 13.9. The highest BCUT2D eigenvalue weighted by molar-refractivity contribution is 4.94. The summed E-state index contributed by atoms with van der Waals surface area (Å²) in [4.78, 5) is 0. The SMILES string of the molecule is C=CC(C)/C=C/CC(C)C. The summed E-state index contributed by atoms with van der Waals surface area (Å²) in [7, 11) is 0. The van der Waals surface area contributed by atoms with Gasteiger partial charge in [-0.1, -0.05) is 39.0 Å². The standard InChI is InChI=1S/C10H18/c1-5-10(4)8-6-7-9(2)3/h5-6,8-10H,1,7H2,2-4H3/b8-6+. The van der Waals surface area contributed by atoms with Crippen LogP contribution < -0.4 is 0 Å². The predicted molar refractivity (Wildman–Crippen MR) is 48.0 cm³/mol. The Morgan fingerprint density at radius 1 is 1.30 bits per heavy atom. The van der Waals surface area contributed by atoms with E-state index in [9.17, 15) is 0 Å². The van der Waals surface area contributed by atoms with Crippen LogP contribution in [0, 0.1) is 11.8 Å². The van der Waals surface area contributed by atoms with Gasteiger partial charge in [-0.3, -0.25) is 0 Å². The second-order valence-corrected chi connectivity index (χ2v) is 3.15. The van der Waals surface area contributed by atoms with Crippen LogP contribution >= 0.6 is 0 Å². The molecule has 0 amide bonds. The fraction of sp³-hybridized carbons (Fsp3) is 0.600. The first-order valence-electron chi connectivity index (χ1n) is 3.96. The Balaban J connectivity index is 3.45. The average molecular weight is 138 g/mol. The molecular weight excluding hydrogens is 120 g/mol. The molecule has 58 valence electrons. The van der Waals surface area contributed by atoms with E-state index in [0.717, 1.165) is 5.92 Å². The maximum Gasteiger partial charge on any atom is -0.00846 e. The Hall–Kier alpha value is -0.520. The summed E-state index contributed by atoms with van der Waals surface area (Å²) in [6.45, 7) is 10.3. The molecule has 0 aliphatic rings. The molecule has 0 heteroatoms. The van der Waals surface area contributed by atoms with Crippen molar-refractivity contribution >= 4 is 0 Å². The molecule has 0 saturated carbocycles. The molecule has 0 aromatic rings. The lowest BCUT2D eigenvalue weighted by Gasteiger charge is -1.98. The molecule has 0 bridgehead atoms. The highest BCUT2D eigenvalue weighted by Crippen LogP contribution is 2.03. The molecule has 0 saturated heterocycles. The lowest BCUT2D eigenvalue weighted by molar-refractivity contribution is 0.661. The zero-order chi connectivity index (χ0) is 7.98. The smallest absolute Gasteiger partial charge is 0.00846 e. The van der Waals surface area contributed by atoms with Crippen molar-refractivity contribution in [2.24, 2.45) is 11.8 Å². The Morgan fingerprint density at radius 2 is 1.90 bits per heavy atom. The van der Waals surface area contributed by atoms with Crippen molar-refractivity contribution in [2.45, 2.75) is 27.2 Å². The first kappa shape index (κ1) is 9.48. The summed E-state index contributed by atoms with van der Waals surface area (Å²) in [6.07, 6.45) is 7.57. The van der Waals surface area contributed by atoms with E-state index in [-0.39, 0.29) is 0 Å². The largest absolute Gasteiger partial charge is 0.102 e. The van der Waals surface area contributed by atoms with E-state index in [4.69, 9.17) is 0 Å². The van der Waals surface area contributed by atoms with Crippen LogP contribution in [0.25, 0.3) is 0 Å². The maximum absolute atomic E-state index is 3.71. The summed E-state index contributed by atoms with van der Waals surface area (Å²) >= 11 is 0. The molecule has 0 aliphatic heterocycles. The van der Waals surface area contributed by atoms with Gasteiger partial charge in [0.15, 0.2) is 0 Å². The second kappa shape index (κ2) is 5.28. The van der Waals surface area contributed by atoms with Crippen LogP contribution in [-0.2, 0) is 0 Å². The molecule has 0 rings (SSSR count). The van der Waals surface area contributed by atoms with Gasteiger partial charge >= 0.3 is 0 Å². The Bertz CT molecular complexity index is 109. The lowest BCUT2D eigenvalue weighted by atomic mass is 10.1. The summed E-state index contributed by atoms with van der Waals surface area (Å²) in [5, 5.41) is 0. The van der Waals surface area contributed by atoms with Gasteiger partial charge < -0.3 is 0 Å². The van der Waals surface area contributed by atoms with Crippen LogP contribution in [0.1, 0.15) is 27.2 Å². The van der Waals surface area contributed by atoms with Crippen molar-refractivity contribution in [1.82, 2.24) is 0 Å². The van der Waals surface area contributed by atoms with E-state index in [2.05, 4.69) is 39.5 Å². The van der Waals surface area contributed by atoms with E-state index in [1.54, 1.807) is 0 Å². The third-order valence-corrected chi connectivity index (χ3v) is 1.42. The zero-order valence-corrected chi connectivity index (χ0v) is 7.30. The molecule has 0 fully saturated rings. The molecule has 10 heavy (non-hydrogen) atoms. The number of hydrogen-bond acceptors (Lipinski definition) is 0. The number of rotatable bonds is 4. The van der Waals surface area contributed by atoms with Crippen LogP contribution in [0.15, 0.2) is 24.8 Å². The summed E-state index contributed by atoms with van der Waals surface area (Å²) < 4.78 is 0. The molecule has 1 atom stereocenters. The zero-order valence-electron chi connectivity index (χ0n) is 7.30. The lowest BCUT2D eigenvalue weighted by Crippen LogP contribution is -1.84. The van der Waals surface area contributed by atoms with Crippen LogP contribution in [0.5, 0.6) is 0 Å². The summed E-state index contributed by atoms with van der Waals surface area (Å²) in [5.41, 5.74) is 0. The highest BCUT2D eigenvalue weighted by Gasteiger charge is 1.89. The van der Waals surface area contributed by atoms with E-state index < -0.39 is 0 Å². The summed E-state index contributed by atoms with van der Waals surface area (Å²) in [6, 6.07) is 0. The third-order valence-electron chi connectivity index (χ3n) is 1.42. The van der Waals surface area contributed by atoms with Gasteiger partial charge in [0.2, 0.25) is 0 Å². The van der Waals surface area contributed by atoms with Gasteiger partial charge in [-0.25, -0.2) is 0 Å². The van der Waals surface area contributed by atoms with Crippen molar-refractivity contribution in [2.75, 3.05) is 0 Å². The Morgan fingerprint density at radius 3 is 2.30 bits per heavy atom. The van der Waals surface area contributed by atoms with Gasteiger partial charge in [-0.15, -0.1) is 6.58 Å². The van der Waals surface area contributed by atoms with Crippen molar-refractivity contribution in [1.29, 1.82) is 0 Å². The fourth-order valence-electron chi connectivity index (χ4n) is 0.644.